The molecular weight excluding hydrogens is 376 g/mol. The predicted octanol–water partition coefficient (Wildman–Crippen LogP) is 3.23. The van der Waals surface area contributed by atoms with Crippen molar-refractivity contribution in [2.45, 2.75) is 39.2 Å². The molecule has 6 nitrogen and oxygen atoms in total. The Morgan fingerprint density at radius 2 is 1.87 bits per heavy atom. The first-order valence-electron chi connectivity index (χ1n) is 11.6. The van der Waals surface area contributed by atoms with E-state index in [0.29, 0.717) is 5.92 Å². The summed E-state index contributed by atoms with van der Waals surface area (Å²) in [5.41, 5.74) is 1.35. The first-order chi connectivity index (χ1) is 14.7. The van der Waals surface area contributed by atoms with E-state index < -0.39 is 0 Å². The van der Waals surface area contributed by atoms with Crippen molar-refractivity contribution in [3.05, 3.63) is 29.8 Å². The molecule has 1 aromatic carbocycles. The first-order valence-corrected chi connectivity index (χ1v) is 11.6. The molecule has 168 valence electrons. The topological polar surface area (TPSA) is 49.3 Å². The van der Waals surface area contributed by atoms with Crippen molar-refractivity contribution < 1.29 is 9.47 Å². The van der Waals surface area contributed by atoms with E-state index in [1.54, 1.807) is 7.11 Å². The van der Waals surface area contributed by atoms with Gasteiger partial charge in [0.05, 0.1) is 13.7 Å². The maximum Gasteiger partial charge on any atom is 0.193 e. The second kappa shape index (κ2) is 12.2. The van der Waals surface area contributed by atoms with Gasteiger partial charge in [-0.15, -0.1) is 0 Å². The Labute approximate surface area is 182 Å². The molecule has 1 heterocycles. The number of ether oxygens (including phenoxy) is 2. The van der Waals surface area contributed by atoms with Crippen LogP contribution in [0.25, 0.3) is 0 Å². The summed E-state index contributed by atoms with van der Waals surface area (Å²) in [5.74, 6) is 3.43. The molecule has 1 saturated heterocycles. The number of piperidine rings is 1. The number of benzene rings is 1. The van der Waals surface area contributed by atoms with E-state index in [0.717, 1.165) is 70.1 Å². The van der Waals surface area contributed by atoms with Crippen LogP contribution in [-0.4, -0.2) is 75.9 Å². The average molecular weight is 417 g/mol. The van der Waals surface area contributed by atoms with Gasteiger partial charge in [-0.2, -0.15) is 0 Å². The summed E-state index contributed by atoms with van der Waals surface area (Å²) >= 11 is 0. The van der Waals surface area contributed by atoms with Crippen molar-refractivity contribution in [3.63, 3.8) is 0 Å². The van der Waals surface area contributed by atoms with Crippen molar-refractivity contribution in [2.24, 2.45) is 16.8 Å². The number of likely N-dealkylation sites (tertiary alicyclic amines) is 1. The van der Waals surface area contributed by atoms with E-state index >= 15 is 0 Å². The van der Waals surface area contributed by atoms with Crippen molar-refractivity contribution in [1.29, 1.82) is 0 Å². The number of hydrogen-bond donors (Lipinski definition) is 1. The third-order valence-corrected chi connectivity index (χ3v) is 6.09. The van der Waals surface area contributed by atoms with Crippen molar-refractivity contribution in [3.8, 4) is 5.75 Å². The van der Waals surface area contributed by atoms with Gasteiger partial charge in [-0.05, 0) is 75.2 Å². The van der Waals surface area contributed by atoms with Crippen LogP contribution in [-0.2, 0) is 11.3 Å². The Kier molecular flexibility index (Phi) is 9.27. The van der Waals surface area contributed by atoms with Crippen LogP contribution < -0.4 is 10.1 Å². The molecule has 1 aliphatic heterocycles. The largest absolute Gasteiger partial charge is 0.497 e. The zero-order chi connectivity index (χ0) is 21.2. The van der Waals surface area contributed by atoms with Crippen LogP contribution in [0.15, 0.2) is 29.3 Å². The van der Waals surface area contributed by atoms with Crippen LogP contribution in [0, 0.1) is 11.8 Å². The van der Waals surface area contributed by atoms with Crippen LogP contribution in [0.5, 0.6) is 5.75 Å². The van der Waals surface area contributed by atoms with Crippen LogP contribution in [0.4, 0.5) is 0 Å². The highest BCUT2D eigenvalue weighted by molar-refractivity contribution is 5.79. The number of rotatable bonds is 11. The van der Waals surface area contributed by atoms with Gasteiger partial charge in [-0.1, -0.05) is 12.1 Å². The lowest BCUT2D eigenvalue weighted by Crippen LogP contribution is -2.41. The van der Waals surface area contributed by atoms with E-state index in [1.807, 2.05) is 12.1 Å². The summed E-state index contributed by atoms with van der Waals surface area (Å²) < 4.78 is 11.0. The summed E-state index contributed by atoms with van der Waals surface area (Å²) in [7, 11) is 3.82. The SMILES string of the molecule is CCNC(=NCC1CCN(Cc2ccc(OC)cc2)CC1)N(C)CCOCC1CC1. The van der Waals surface area contributed by atoms with Crippen LogP contribution in [0.1, 0.15) is 38.2 Å². The molecule has 30 heavy (non-hydrogen) atoms. The third kappa shape index (κ3) is 7.80. The highest BCUT2D eigenvalue weighted by atomic mass is 16.5. The van der Waals surface area contributed by atoms with Gasteiger partial charge in [0.1, 0.15) is 5.75 Å². The molecule has 6 heteroatoms. The van der Waals surface area contributed by atoms with E-state index in [4.69, 9.17) is 14.5 Å². The third-order valence-electron chi connectivity index (χ3n) is 6.09. The molecule has 3 rings (SSSR count). The second-order valence-corrected chi connectivity index (χ2v) is 8.70. The number of methoxy groups -OCH3 is 1. The fourth-order valence-electron chi connectivity index (χ4n) is 3.84. The Balaban J connectivity index is 1.38. The molecule has 2 aliphatic rings. The molecule has 0 spiro atoms. The predicted molar refractivity (Wildman–Crippen MR) is 123 cm³/mol. The Morgan fingerprint density at radius 1 is 1.13 bits per heavy atom. The minimum atomic E-state index is 0.672. The number of nitrogens with one attached hydrogen (secondary N) is 1. The van der Waals surface area contributed by atoms with Gasteiger partial charge >= 0.3 is 0 Å². The average Bonchev–Trinajstić information content (AvgIpc) is 3.60. The molecule has 1 saturated carbocycles. The van der Waals surface area contributed by atoms with Gasteiger partial charge in [0.15, 0.2) is 5.96 Å². The van der Waals surface area contributed by atoms with Crippen LogP contribution in [0.2, 0.25) is 0 Å². The van der Waals surface area contributed by atoms with Crippen LogP contribution in [0.3, 0.4) is 0 Å². The summed E-state index contributed by atoms with van der Waals surface area (Å²) in [6.45, 7) is 9.84. The lowest BCUT2D eigenvalue weighted by atomic mass is 9.96. The number of aliphatic imine (C=N–C) groups is 1. The van der Waals surface area contributed by atoms with E-state index in [9.17, 15) is 0 Å². The maximum absolute atomic E-state index is 5.79. The molecule has 1 N–H and O–H groups in total. The lowest BCUT2D eigenvalue weighted by molar-refractivity contribution is 0.115. The van der Waals surface area contributed by atoms with Crippen LogP contribution >= 0.6 is 0 Å². The molecule has 0 bridgehead atoms. The molecule has 0 atom stereocenters. The highest BCUT2D eigenvalue weighted by Crippen LogP contribution is 2.28. The smallest absolute Gasteiger partial charge is 0.193 e. The van der Waals surface area contributed by atoms with Gasteiger partial charge in [0, 0.05) is 39.8 Å². The molecule has 0 aromatic heterocycles. The minimum Gasteiger partial charge on any atom is -0.497 e. The summed E-state index contributed by atoms with van der Waals surface area (Å²) in [6, 6.07) is 8.43. The van der Waals surface area contributed by atoms with E-state index in [-0.39, 0.29) is 0 Å². The second-order valence-electron chi connectivity index (χ2n) is 8.70. The summed E-state index contributed by atoms with van der Waals surface area (Å²) in [4.78, 5) is 9.69. The molecule has 0 amide bonds. The number of hydrogen-bond acceptors (Lipinski definition) is 4. The normalized spacial score (nSPS) is 18.4. The zero-order valence-electron chi connectivity index (χ0n) is 19.1. The van der Waals surface area contributed by atoms with Gasteiger partial charge < -0.3 is 19.7 Å². The molecule has 0 unspecified atom stereocenters. The lowest BCUT2D eigenvalue weighted by Gasteiger charge is -2.31. The molecular formula is C24H40N4O2. The van der Waals surface area contributed by atoms with Gasteiger partial charge in [0.2, 0.25) is 0 Å². The highest BCUT2D eigenvalue weighted by Gasteiger charge is 2.21. The summed E-state index contributed by atoms with van der Waals surface area (Å²) in [5, 5.41) is 3.43. The fourth-order valence-corrected chi connectivity index (χ4v) is 3.84. The first kappa shape index (κ1) is 22.9. The molecule has 1 aliphatic carbocycles. The van der Waals surface area contributed by atoms with E-state index in [1.165, 1.54) is 31.2 Å². The standard InChI is InChI=1S/C24H40N4O2/c1-4-25-24(27(2)15-16-30-19-22-5-6-22)26-17-20-11-13-28(14-12-20)18-21-7-9-23(29-3)10-8-21/h7-10,20,22H,4-6,11-19H2,1-3H3,(H,25,26). The number of nitrogens with zero attached hydrogens (tertiary/aromatic N) is 3. The molecule has 0 radical (unpaired) electrons. The van der Waals surface area contributed by atoms with Crippen molar-refractivity contribution in [2.75, 3.05) is 60.1 Å². The van der Waals surface area contributed by atoms with Crippen molar-refractivity contribution >= 4 is 5.96 Å². The minimum absolute atomic E-state index is 0.672. The Hall–Kier alpha value is -1.79. The fraction of sp³-hybridized carbons (Fsp3) is 0.708. The van der Waals surface area contributed by atoms with Gasteiger partial charge in [0.25, 0.3) is 0 Å². The van der Waals surface area contributed by atoms with Gasteiger partial charge in [-0.25, -0.2) is 0 Å². The number of likely N-dealkylation sites (N-methyl/N-ethyl adjacent to an activating group) is 1. The van der Waals surface area contributed by atoms with Crippen molar-refractivity contribution in [1.82, 2.24) is 15.1 Å². The molecule has 1 aromatic rings. The zero-order valence-corrected chi connectivity index (χ0v) is 19.1. The monoisotopic (exact) mass is 416 g/mol. The number of guanidine groups is 1. The Bertz CT molecular complexity index is 637. The van der Waals surface area contributed by atoms with Gasteiger partial charge in [-0.3, -0.25) is 9.89 Å². The quantitative estimate of drug-likeness (QED) is 0.341. The summed E-state index contributed by atoms with van der Waals surface area (Å²) in [6.07, 6.45) is 5.12. The van der Waals surface area contributed by atoms with E-state index in [2.05, 4.69) is 41.2 Å². The maximum atomic E-state index is 5.79. The molecule has 2 fully saturated rings. The Morgan fingerprint density at radius 3 is 2.50 bits per heavy atom.